The molecule has 5 rings (SSSR count). The van der Waals surface area contributed by atoms with Gasteiger partial charge in [-0.3, -0.25) is 9.47 Å². The molecule has 0 saturated carbocycles. The van der Waals surface area contributed by atoms with Gasteiger partial charge < -0.3 is 5.32 Å². The lowest BCUT2D eigenvalue weighted by molar-refractivity contribution is -0.137. The van der Waals surface area contributed by atoms with Gasteiger partial charge in [-0.1, -0.05) is 35.9 Å². The number of rotatable bonds is 5. The van der Waals surface area contributed by atoms with Crippen molar-refractivity contribution in [1.82, 2.24) is 19.8 Å². The fourth-order valence-electron chi connectivity index (χ4n) is 4.70. The van der Waals surface area contributed by atoms with Gasteiger partial charge in [0, 0.05) is 49.9 Å². The van der Waals surface area contributed by atoms with Crippen LogP contribution in [0.1, 0.15) is 27.9 Å². The molecule has 10 heteroatoms. The van der Waals surface area contributed by atoms with Crippen molar-refractivity contribution in [3.05, 3.63) is 106 Å². The summed E-state index contributed by atoms with van der Waals surface area (Å²) in [6.07, 6.45) is 1.33. The Balaban J connectivity index is 1.43. The van der Waals surface area contributed by atoms with Crippen molar-refractivity contribution in [1.29, 1.82) is 0 Å². The summed E-state index contributed by atoms with van der Waals surface area (Å²) in [6, 6.07) is 12.5. The molecule has 1 N–H and O–H groups in total. The normalized spacial score (nSPS) is 14.2. The van der Waals surface area contributed by atoms with E-state index in [1.54, 1.807) is 24.3 Å². The molecule has 0 bridgehead atoms. The Labute approximate surface area is 221 Å². The second-order valence-corrected chi connectivity index (χ2v) is 9.46. The predicted octanol–water partition coefficient (Wildman–Crippen LogP) is 6.68. The molecule has 1 amide bonds. The highest BCUT2D eigenvalue weighted by atomic mass is 35.5. The summed E-state index contributed by atoms with van der Waals surface area (Å²) in [7, 11) is 0. The molecule has 0 spiro atoms. The average Bonchev–Trinajstić information content (AvgIpc) is 3.21. The maximum absolute atomic E-state index is 13.5. The van der Waals surface area contributed by atoms with Gasteiger partial charge in [-0.2, -0.15) is 13.2 Å². The smallest absolute Gasteiger partial charge is 0.333 e. The quantitative estimate of drug-likeness (QED) is 0.226. The number of carbonyl (C=O) groups is 1. The van der Waals surface area contributed by atoms with Crippen molar-refractivity contribution < 1.29 is 22.4 Å². The summed E-state index contributed by atoms with van der Waals surface area (Å²) in [6.45, 7) is 1.76. The molecule has 1 aliphatic heterocycles. The van der Waals surface area contributed by atoms with Crippen LogP contribution in [0.25, 0.3) is 17.0 Å². The van der Waals surface area contributed by atoms with E-state index in [9.17, 15) is 22.4 Å². The van der Waals surface area contributed by atoms with Crippen molar-refractivity contribution in [2.45, 2.75) is 25.7 Å². The minimum atomic E-state index is -4.50. The van der Waals surface area contributed by atoms with E-state index in [0.29, 0.717) is 53.4 Å². The number of benzene rings is 2. The van der Waals surface area contributed by atoms with E-state index in [-0.39, 0.29) is 12.4 Å². The van der Waals surface area contributed by atoms with Gasteiger partial charge in [-0.05, 0) is 59.2 Å². The number of pyridine rings is 1. The lowest BCUT2D eigenvalue weighted by Crippen LogP contribution is -2.34. The van der Waals surface area contributed by atoms with Crippen LogP contribution >= 0.6 is 11.6 Å². The van der Waals surface area contributed by atoms with Crippen LogP contribution in [0, 0.1) is 5.82 Å². The third-order valence-corrected chi connectivity index (χ3v) is 6.74. The SMILES string of the molecule is O=C(NCc1ccnc(Cl)c1)n1c2c(c3cc(C(F)(F)F)ccc31)CN(CC=Cc1ccc(F)cc1)CC2. The molecule has 0 radical (unpaired) electrons. The highest BCUT2D eigenvalue weighted by Crippen LogP contribution is 2.36. The lowest BCUT2D eigenvalue weighted by atomic mass is 10.0. The minimum absolute atomic E-state index is 0.191. The van der Waals surface area contributed by atoms with E-state index in [0.717, 1.165) is 23.3 Å². The molecule has 4 aromatic rings. The monoisotopic (exact) mass is 542 g/mol. The Hall–Kier alpha value is -3.69. The fraction of sp³-hybridized carbons (Fsp3) is 0.214. The van der Waals surface area contributed by atoms with Crippen LogP contribution in [0.3, 0.4) is 0 Å². The number of nitrogens with zero attached hydrogens (tertiary/aromatic N) is 3. The first-order valence-corrected chi connectivity index (χ1v) is 12.3. The van der Waals surface area contributed by atoms with Gasteiger partial charge in [-0.15, -0.1) is 0 Å². The molecule has 3 heterocycles. The molecule has 1 aliphatic rings. The van der Waals surface area contributed by atoms with Crippen molar-refractivity contribution in [2.75, 3.05) is 13.1 Å². The molecule has 196 valence electrons. The standard InChI is InChI=1S/C28H23ClF4N4O/c29-26-14-19(9-11-34-26)16-35-27(38)37-24-8-5-20(28(31,32)33)15-22(24)23-17-36(13-10-25(23)37)12-1-2-18-3-6-21(30)7-4-18/h1-9,11,14-15H,10,12-13,16-17H2,(H,35,38). The van der Waals surface area contributed by atoms with Crippen LogP contribution in [0.5, 0.6) is 0 Å². The zero-order valence-electron chi connectivity index (χ0n) is 20.1. The summed E-state index contributed by atoms with van der Waals surface area (Å²) in [5, 5.41) is 3.55. The Bertz CT molecular complexity index is 1510. The van der Waals surface area contributed by atoms with Crippen molar-refractivity contribution in [3.63, 3.8) is 0 Å². The second-order valence-electron chi connectivity index (χ2n) is 9.07. The molecule has 38 heavy (non-hydrogen) atoms. The van der Waals surface area contributed by atoms with Crippen LogP contribution in [0.4, 0.5) is 22.4 Å². The number of aromatic nitrogens is 2. The molecule has 5 nitrogen and oxygen atoms in total. The fourth-order valence-corrected chi connectivity index (χ4v) is 4.90. The number of hydrogen-bond acceptors (Lipinski definition) is 3. The minimum Gasteiger partial charge on any atom is -0.333 e. The molecular formula is C28H23ClF4N4O. The number of hydrogen-bond donors (Lipinski definition) is 1. The van der Waals surface area contributed by atoms with Crippen LogP contribution in [-0.2, 0) is 25.7 Å². The molecule has 0 unspecified atom stereocenters. The maximum atomic E-state index is 13.5. The van der Waals surface area contributed by atoms with Crippen LogP contribution in [-0.4, -0.2) is 33.6 Å². The highest BCUT2D eigenvalue weighted by Gasteiger charge is 2.33. The molecular weight excluding hydrogens is 520 g/mol. The first kappa shape index (κ1) is 25.9. The van der Waals surface area contributed by atoms with Gasteiger partial charge in [0.15, 0.2) is 0 Å². The van der Waals surface area contributed by atoms with Gasteiger partial charge in [0.1, 0.15) is 11.0 Å². The van der Waals surface area contributed by atoms with E-state index in [2.05, 4.69) is 15.2 Å². The summed E-state index contributed by atoms with van der Waals surface area (Å²) >= 11 is 5.93. The van der Waals surface area contributed by atoms with E-state index in [1.807, 2.05) is 12.2 Å². The average molecular weight is 543 g/mol. The Morgan fingerprint density at radius 2 is 1.89 bits per heavy atom. The maximum Gasteiger partial charge on any atom is 0.416 e. The Kier molecular flexibility index (Phi) is 7.23. The first-order chi connectivity index (χ1) is 18.2. The summed E-state index contributed by atoms with van der Waals surface area (Å²) in [4.78, 5) is 19.3. The number of nitrogens with one attached hydrogen (secondary N) is 1. The molecule has 0 saturated heterocycles. The number of halogens is 5. The molecule has 0 fully saturated rings. The molecule has 0 atom stereocenters. The largest absolute Gasteiger partial charge is 0.416 e. The second kappa shape index (κ2) is 10.6. The van der Waals surface area contributed by atoms with Crippen molar-refractivity contribution in [2.24, 2.45) is 0 Å². The zero-order valence-corrected chi connectivity index (χ0v) is 20.9. The summed E-state index contributed by atoms with van der Waals surface area (Å²) in [5.41, 5.74) is 2.67. The first-order valence-electron chi connectivity index (χ1n) is 12.0. The highest BCUT2D eigenvalue weighted by molar-refractivity contribution is 6.29. The van der Waals surface area contributed by atoms with Crippen LogP contribution in [0.15, 0.2) is 66.9 Å². The molecule has 2 aromatic carbocycles. The number of fused-ring (bicyclic) bond motifs is 3. The van der Waals surface area contributed by atoms with Gasteiger partial charge in [0.05, 0.1) is 11.1 Å². The van der Waals surface area contributed by atoms with Gasteiger partial charge in [0.2, 0.25) is 0 Å². The van der Waals surface area contributed by atoms with Crippen LogP contribution in [0.2, 0.25) is 5.15 Å². The molecule has 2 aromatic heterocycles. The van der Waals surface area contributed by atoms with Crippen molar-refractivity contribution in [3.8, 4) is 0 Å². The van der Waals surface area contributed by atoms with E-state index in [4.69, 9.17) is 11.6 Å². The number of carbonyl (C=O) groups excluding carboxylic acids is 1. The predicted molar refractivity (Wildman–Crippen MR) is 138 cm³/mol. The van der Waals surface area contributed by atoms with E-state index < -0.39 is 17.8 Å². The van der Waals surface area contributed by atoms with Crippen molar-refractivity contribution >= 4 is 34.6 Å². The molecule has 0 aliphatic carbocycles. The summed E-state index contributed by atoms with van der Waals surface area (Å²) < 4.78 is 55.2. The number of amides is 1. The van der Waals surface area contributed by atoms with Gasteiger partial charge in [0.25, 0.3) is 0 Å². The van der Waals surface area contributed by atoms with E-state index in [1.165, 1.54) is 29.0 Å². The summed E-state index contributed by atoms with van der Waals surface area (Å²) in [5.74, 6) is -0.311. The third-order valence-electron chi connectivity index (χ3n) is 6.54. The van der Waals surface area contributed by atoms with Gasteiger partial charge in [-0.25, -0.2) is 14.2 Å². The topological polar surface area (TPSA) is 50.2 Å². The van der Waals surface area contributed by atoms with Gasteiger partial charge >= 0.3 is 12.2 Å². The zero-order chi connectivity index (χ0) is 26.9. The Morgan fingerprint density at radius 3 is 2.63 bits per heavy atom. The third kappa shape index (κ3) is 5.58. The Morgan fingerprint density at radius 1 is 1.11 bits per heavy atom. The van der Waals surface area contributed by atoms with Crippen LogP contribution < -0.4 is 5.32 Å². The van der Waals surface area contributed by atoms with E-state index >= 15 is 0 Å². The number of alkyl halides is 3. The lowest BCUT2D eigenvalue weighted by Gasteiger charge is -2.27.